The molecule has 1 unspecified atom stereocenters. The van der Waals surface area contributed by atoms with Gasteiger partial charge in [0.1, 0.15) is 6.10 Å². The van der Waals surface area contributed by atoms with Crippen LogP contribution >= 0.6 is 11.6 Å². The van der Waals surface area contributed by atoms with E-state index >= 15 is 0 Å². The van der Waals surface area contributed by atoms with Gasteiger partial charge in [-0.3, -0.25) is 14.6 Å². The zero-order chi connectivity index (χ0) is 13.0. The van der Waals surface area contributed by atoms with Crippen LogP contribution in [0.25, 0.3) is 0 Å². The summed E-state index contributed by atoms with van der Waals surface area (Å²) in [6, 6.07) is 1.54. The highest BCUT2D eigenvalue weighted by molar-refractivity contribution is 6.33. The minimum absolute atomic E-state index is 0.175. The van der Waals surface area contributed by atoms with Crippen molar-refractivity contribution in [2.75, 3.05) is 6.54 Å². The molecule has 0 aliphatic rings. The molecule has 0 bridgehead atoms. The van der Waals surface area contributed by atoms with Crippen LogP contribution in [0.1, 0.15) is 16.1 Å². The number of primary amides is 1. The fourth-order valence-electron chi connectivity index (χ4n) is 1.08. The Labute approximate surface area is 103 Å². The number of nitrogens with two attached hydrogens (primary N) is 1. The standard InChI is InChI=1S/C10H12ClN3O3/c1-5-2-7(11)6(3-13-5)10(17)14-4-8(15)9(12)16/h2-3,8,15H,4H2,1H3,(H2,12,16)(H,14,17). The van der Waals surface area contributed by atoms with E-state index in [0.29, 0.717) is 5.69 Å². The zero-order valence-electron chi connectivity index (χ0n) is 9.11. The number of amides is 2. The lowest BCUT2D eigenvalue weighted by atomic mass is 10.2. The van der Waals surface area contributed by atoms with Gasteiger partial charge in [0, 0.05) is 11.9 Å². The normalized spacial score (nSPS) is 11.9. The number of halogens is 1. The van der Waals surface area contributed by atoms with Gasteiger partial charge in [-0.1, -0.05) is 11.6 Å². The number of aromatic nitrogens is 1. The number of aliphatic hydroxyl groups is 1. The number of pyridine rings is 1. The summed E-state index contributed by atoms with van der Waals surface area (Å²) in [5.41, 5.74) is 5.69. The average Bonchev–Trinajstić information content (AvgIpc) is 2.25. The highest BCUT2D eigenvalue weighted by atomic mass is 35.5. The van der Waals surface area contributed by atoms with E-state index < -0.39 is 17.9 Å². The number of hydrogen-bond acceptors (Lipinski definition) is 4. The summed E-state index contributed by atoms with van der Waals surface area (Å²) in [6.45, 7) is 1.47. The number of nitrogens with zero attached hydrogens (tertiary/aromatic N) is 1. The van der Waals surface area contributed by atoms with Crippen molar-refractivity contribution in [1.82, 2.24) is 10.3 Å². The quantitative estimate of drug-likeness (QED) is 0.684. The SMILES string of the molecule is Cc1cc(Cl)c(C(=O)NCC(O)C(N)=O)cn1. The molecule has 6 nitrogen and oxygen atoms in total. The predicted molar refractivity (Wildman–Crippen MR) is 61.5 cm³/mol. The first-order valence-corrected chi connectivity index (χ1v) is 5.17. The molecule has 1 heterocycles. The smallest absolute Gasteiger partial charge is 0.254 e. The highest BCUT2D eigenvalue weighted by Gasteiger charge is 2.15. The van der Waals surface area contributed by atoms with E-state index in [4.69, 9.17) is 22.4 Å². The first-order valence-electron chi connectivity index (χ1n) is 4.79. The van der Waals surface area contributed by atoms with E-state index in [2.05, 4.69) is 10.3 Å². The van der Waals surface area contributed by atoms with Gasteiger partial charge in [0.05, 0.1) is 17.1 Å². The van der Waals surface area contributed by atoms with Crippen molar-refractivity contribution in [2.24, 2.45) is 5.73 Å². The first-order chi connectivity index (χ1) is 7.91. The number of aryl methyl sites for hydroxylation is 1. The van der Waals surface area contributed by atoms with E-state index in [1.807, 2.05) is 0 Å². The number of hydrogen-bond donors (Lipinski definition) is 3. The number of aliphatic hydroxyl groups excluding tert-OH is 1. The van der Waals surface area contributed by atoms with Crippen LogP contribution < -0.4 is 11.1 Å². The van der Waals surface area contributed by atoms with E-state index in [-0.39, 0.29) is 17.1 Å². The molecule has 1 atom stereocenters. The molecule has 1 aromatic rings. The lowest BCUT2D eigenvalue weighted by Crippen LogP contribution is -2.40. The third-order valence-electron chi connectivity index (χ3n) is 2.02. The van der Waals surface area contributed by atoms with Gasteiger partial charge in [0.15, 0.2) is 0 Å². The van der Waals surface area contributed by atoms with E-state index in [1.165, 1.54) is 6.20 Å². The van der Waals surface area contributed by atoms with Crippen LogP contribution in [0.4, 0.5) is 0 Å². The Kier molecular flexibility index (Phi) is 4.42. The largest absolute Gasteiger partial charge is 0.381 e. The Balaban J connectivity index is 2.67. The maximum Gasteiger partial charge on any atom is 0.254 e. The fraction of sp³-hybridized carbons (Fsp3) is 0.300. The summed E-state index contributed by atoms with van der Waals surface area (Å²) in [5.74, 6) is -1.43. The minimum atomic E-state index is -1.42. The molecule has 0 spiro atoms. The van der Waals surface area contributed by atoms with Crippen molar-refractivity contribution >= 4 is 23.4 Å². The second kappa shape index (κ2) is 5.60. The fourth-order valence-corrected chi connectivity index (χ4v) is 1.37. The molecule has 4 N–H and O–H groups in total. The van der Waals surface area contributed by atoms with Crippen molar-refractivity contribution in [3.05, 3.63) is 28.5 Å². The summed E-state index contributed by atoms with van der Waals surface area (Å²) in [4.78, 5) is 26.1. The van der Waals surface area contributed by atoms with Crippen molar-refractivity contribution in [3.8, 4) is 0 Å². The van der Waals surface area contributed by atoms with Gasteiger partial charge in [0.2, 0.25) is 5.91 Å². The highest BCUT2D eigenvalue weighted by Crippen LogP contribution is 2.15. The summed E-state index contributed by atoms with van der Waals surface area (Å²) in [5, 5.41) is 11.7. The molecular formula is C10H12ClN3O3. The van der Waals surface area contributed by atoms with Crippen LogP contribution in [0.15, 0.2) is 12.3 Å². The second-order valence-corrected chi connectivity index (χ2v) is 3.84. The first kappa shape index (κ1) is 13.4. The van der Waals surface area contributed by atoms with Gasteiger partial charge >= 0.3 is 0 Å². The van der Waals surface area contributed by atoms with E-state index in [9.17, 15) is 9.59 Å². The Morgan fingerprint density at radius 1 is 1.65 bits per heavy atom. The third-order valence-corrected chi connectivity index (χ3v) is 2.33. The molecule has 0 fully saturated rings. The monoisotopic (exact) mass is 257 g/mol. The Hall–Kier alpha value is -1.66. The van der Waals surface area contributed by atoms with E-state index in [0.717, 1.165) is 0 Å². The van der Waals surface area contributed by atoms with Crippen LogP contribution in [0.5, 0.6) is 0 Å². The van der Waals surface area contributed by atoms with Crippen LogP contribution in [0.2, 0.25) is 5.02 Å². The second-order valence-electron chi connectivity index (χ2n) is 3.43. The minimum Gasteiger partial charge on any atom is -0.381 e. The van der Waals surface area contributed by atoms with Gasteiger partial charge < -0.3 is 16.2 Å². The van der Waals surface area contributed by atoms with Gasteiger partial charge in [0.25, 0.3) is 5.91 Å². The molecule has 0 radical (unpaired) electrons. The average molecular weight is 258 g/mol. The summed E-state index contributed by atoms with van der Waals surface area (Å²) in [7, 11) is 0. The Bertz CT molecular complexity index is 450. The lowest BCUT2D eigenvalue weighted by molar-refractivity contribution is -0.125. The lowest BCUT2D eigenvalue weighted by Gasteiger charge is -2.09. The molecule has 0 aliphatic heterocycles. The Morgan fingerprint density at radius 3 is 2.82 bits per heavy atom. The Morgan fingerprint density at radius 2 is 2.29 bits per heavy atom. The van der Waals surface area contributed by atoms with Crippen LogP contribution in [0, 0.1) is 6.92 Å². The molecular weight excluding hydrogens is 246 g/mol. The van der Waals surface area contributed by atoms with Gasteiger partial charge in [-0.25, -0.2) is 0 Å². The molecule has 1 aromatic heterocycles. The van der Waals surface area contributed by atoms with Crippen LogP contribution in [0.3, 0.4) is 0 Å². The number of carbonyl (C=O) groups is 2. The number of nitrogens with one attached hydrogen (secondary N) is 1. The maximum absolute atomic E-state index is 11.6. The van der Waals surface area contributed by atoms with Crippen LogP contribution in [-0.4, -0.2) is 34.6 Å². The molecule has 2 amide bonds. The molecule has 0 saturated carbocycles. The maximum atomic E-state index is 11.6. The molecule has 1 rings (SSSR count). The van der Waals surface area contributed by atoms with Crippen molar-refractivity contribution < 1.29 is 14.7 Å². The molecule has 7 heteroatoms. The summed E-state index contributed by atoms with van der Waals surface area (Å²) < 4.78 is 0. The van der Waals surface area contributed by atoms with E-state index in [1.54, 1.807) is 13.0 Å². The van der Waals surface area contributed by atoms with Crippen molar-refractivity contribution in [1.29, 1.82) is 0 Å². The van der Waals surface area contributed by atoms with Gasteiger partial charge in [-0.15, -0.1) is 0 Å². The molecule has 0 saturated heterocycles. The number of carbonyl (C=O) groups excluding carboxylic acids is 2. The molecule has 92 valence electrons. The topological polar surface area (TPSA) is 105 Å². The van der Waals surface area contributed by atoms with Crippen molar-refractivity contribution in [2.45, 2.75) is 13.0 Å². The summed E-state index contributed by atoms with van der Waals surface area (Å²) >= 11 is 5.85. The molecule has 0 aromatic carbocycles. The molecule has 17 heavy (non-hydrogen) atoms. The van der Waals surface area contributed by atoms with Gasteiger partial charge in [-0.2, -0.15) is 0 Å². The van der Waals surface area contributed by atoms with Gasteiger partial charge in [-0.05, 0) is 13.0 Å². The number of rotatable bonds is 4. The van der Waals surface area contributed by atoms with Crippen molar-refractivity contribution in [3.63, 3.8) is 0 Å². The third kappa shape index (κ3) is 3.69. The molecule has 0 aliphatic carbocycles. The predicted octanol–water partition coefficient (Wildman–Crippen LogP) is -0.381. The summed E-state index contributed by atoms with van der Waals surface area (Å²) in [6.07, 6.45) is -0.0972. The van der Waals surface area contributed by atoms with Crippen LogP contribution in [-0.2, 0) is 4.79 Å². The zero-order valence-corrected chi connectivity index (χ0v) is 9.86.